The molecule has 0 saturated carbocycles. The van der Waals surface area contributed by atoms with E-state index in [1.165, 1.54) is 0 Å². The van der Waals surface area contributed by atoms with Crippen LogP contribution in [0.15, 0.2) is 121 Å². The Hall–Kier alpha value is 1.26. The molecule has 0 fully saturated rings. The van der Waals surface area contributed by atoms with Gasteiger partial charge in [-0.05, 0) is 0 Å². The summed E-state index contributed by atoms with van der Waals surface area (Å²) < 4.78 is 0. The molecule has 32 heavy (non-hydrogen) atoms. The first kappa shape index (κ1) is 76.6. The van der Waals surface area contributed by atoms with Crippen LogP contribution >= 0.6 is 0 Å². The molecule has 168 valence electrons. The SMILES string of the molecule is [Cl-].[Cl-].[Cl-].[Cl-].[O-2].[O-2].[O-2].[O-2].[Ti+4].[Ti+4].[Ti+4].[Ti+4].c1cc[cH-]c1.c1cc[cH-]c1.c1cc[cH-]c1.c1cc[cH-]c1. The van der Waals surface area contributed by atoms with Crippen LogP contribution < -0.4 is 49.6 Å². The third kappa shape index (κ3) is 63.3. The largest absolute Gasteiger partial charge is 4.00 e. The molecule has 0 radical (unpaired) electrons. The third-order valence-corrected chi connectivity index (χ3v) is 2.22. The minimum Gasteiger partial charge on any atom is -2.00 e. The minimum absolute atomic E-state index is 0. The Kier molecular flexibility index (Phi) is 167. The monoisotopic (exact) mass is 656 g/mol. The number of halogens is 4. The van der Waals surface area contributed by atoms with Gasteiger partial charge < -0.3 is 71.5 Å². The van der Waals surface area contributed by atoms with E-state index in [0.29, 0.717) is 0 Å². The average Bonchev–Trinajstić information content (AvgIpc) is 3.40. The summed E-state index contributed by atoms with van der Waals surface area (Å²) in [6.07, 6.45) is 0. The smallest absolute Gasteiger partial charge is 2.00 e. The Bertz CT molecular complexity index is 381. The van der Waals surface area contributed by atoms with E-state index in [-0.39, 0.29) is 158 Å². The molecule has 0 N–H and O–H groups in total. The van der Waals surface area contributed by atoms with Crippen LogP contribution in [-0.4, -0.2) is 0 Å². The van der Waals surface area contributed by atoms with Crippen molar-refractivity contribution >= 4 is 0 Å². The second-order valence-corrected chi connectivity index (χ2v) is 3.85. The van der Waals surface area contributed by atoms with Crippen molar-refractivity contribution in [1.29, 1.82) is 0 Å². The van der Waals surface area contributed by atoms with Gasteiger partial charge in [0.15, 0.2) is 0 Å². The molecule has 4 nitrogen and oxygen atoms in total. The van der Waals surface area contributed by atoms with Crippen molar-refractivity contribution in [3.05, 3.63) is 121 Å². The van der Waals surface area contributed by atoms with Gasteiger partial charge in [0.1, 0.15) is 0 Å². The normalized spacial score (nSPS) is 5.00. The summed E-state index contributed by atoms with van der Waals surface area (Å²) in [5.74, 6) is 0. The van der Waals surface area contributed by atoms with E-state index < -0.39 is 0 Å². The van der Waals surface area contributed by atoms with Crippen molar-refractivity contribution < 1.29 is 158 Å². The van der Waals surface area contributed by atoms with Crippen LogP contribution in [0.5, 0.6) is 0 Å². The Morgan fingerprint density at radius 3 is 0.375 bits per heavy atom. The summed E-state index contributed by atoms with van der Waals surface area (Å²) in [5, 5.41) is 0. The topological polar surface area (TPSA) is 114 Å². The molecule has 0 aliphatic heterocycles. The first-order valence-corrected chi connectivity index (χ1v) is 6.67. The molecule has 0 aromatic heterocycles. The first-order valence-electron chi connectivity index (χ1n) is 6.67. The standard InChI is InChI=1S/4C5H5.4ClH.4O.4Ti/c4*1-2-4-5-3-1;;;;;;;;;;;;/h4*1-5H;4*1H;;;;;;;;/q4*-1;;;;;4*-2;4*+4/p-4. The van der Waals surface area contributed by atoms with Gasteiger partial charge in [0.25, 0.3) is 0 Å². The molecule has 4 aromatic rings. The summed E-state index contributed by atoms with van der Waals surface area (Å²) in [6, 6.07) is 40.0. The van der Waals surface area contributed by atoms with E-state index >= 15 is 0 Å². The van der Waals surface area contributed by atoms with Crippen molar-refractivity contribution in [2.75, 3.05) is 0 Å². The van der Waals surface area contributed by atoms with Crippen LogP contribution in [0, 0.1) is 0 Å². The summed E-state index contributed by atoms with van der Waals surface area (Å²) >= 11 is 0. The molecule has 0 aliphatic carbocycles. The van der Waals surface area contributed by atoms with E-state index in [0.717, 1.165) is 0 Å². The summed E-state index contributed by atoms with van der Waals surface area (Å²) in [6.45, 7) is 0. The first-order chi connectivity index (χ1) is 10.0. The van der Waals surface area contributed by atoms with Crippen LogP contribution in [0.25, 0.3) is 0 Å². The quantitative estimate of drug-likeness (QED) is 0.132. The van der Waals surface area contributed by atoms with Crippen LogP contribution in [0.2, 0.25) is 0 Å². The Morgan fingerprint density at radius 1 is 0.250 bits per heavy atom. The van der Waals surface area contributed by atoms with Gasteiger partial charge >= 0.3 is 86.9 Å². The summed E-state index contributed by atoms with van der Waals surface area (Å²) in [4.78, 5) is 0. The number of rotatable bonds is 0. The minimum atomic E-state index is 0. The molecule has 0 amide bonds. The third-order valence-electron chi connectivity index (χ3n) is 2.22. The van der Waals surface area contributed by atoms with E-state index in [2.05, 4.69) is 0 Å². The maximum Gasteiger partial charge on any atom is 4.00 e. The van der Waals surface area contributed by atoms with Crippen LogP contribution in [0.1, 0.15) is 0 Å². The maximum atomic E-state index is 2.00. The second-order valence-electron chi connectivity index (χ2n) is 3.85. The average molecular weight is 658 g/mol. The van der Waals surface area contributed by atoms with Crippen molar-refractivity contribution in [3.8, 4) is 0 Å². The molecule has 0 spiro atoms. The van der Waals surface area contributed by atoms with Crippen LogP contribution in [-0.2, 0) is 109 Å². The van der Waals surface area contributed by atoms with Gasteiger partial charge in [-0.2, -0.15) is 72.8 Å². The molecular weight excluding hydrogens is 637 g/mol. The van der Waals surface area contributed by atoms with Gasteiger partial charge in [-0.15, -0.1) is 0 Å². The van der Waals surface area contributed by atoms with E-state index in [1.807, 2.05) is 121 Å². The summed E-state index contributed by atoms with van der Waals surface area (Å²) in [5.41, 5.74) is 0. The summed E-state index contributed by atoms with van der Waals surface area (Å²) in [7, 11) is 0. The fraction of sp³-hybridized carbons (Fsp3) is 0. The number of hydrogen-bond donors (Lipinski definition) is 0. The molecule has 0 atom stereocenters. The molecule has 0 aliphatic rings. The molecule has 0 heterocycles. The zero-order chi connectivity index (χ0) is 14.1. The molecule has 0 bridgehead atoms. The maximum absolute atomic E-state index is 2.00. The van der Waals surface area contributed by atoms with Gasteiger partial charge in [-0.25, -0.2) is 48.5 Å². The Labute approximate surface area is 276 Å². The predicted molar refractivity (Wildman–Crippen MR) is 90.9 cm³/mol. The van der Waals surface area contributed by atoms with Gasteiger partial charge in [-0.3, -0.25) is 0 Å². The van der Waals surface area contributed by atoms with Crippen molar-refractivity contribution in [1.82, 2.24) is 0 Å². The van der Waals surface area contributed by atoms with Crippen LogP contribution in [0.3, 0.4) is 0 Å². The molecule has 4 rings (SSSR count). The van der Waals surface area contributed by atoms with Gasteiger partial charge in [0, 0.05) is 0 Å². The van der Waals surface area contributed by atoms with Crippen LogP contribution in [0.4, 0.5) is 0 Å². The molecule has 12 heteroatoms. The zero-order valence-electron chi connectivity index (χ0n) is 16.7. The molecular formula is C20H20Cl4O4Ti4. The van der Waals surface area contributed by atoms with Crippen molar-refractivity contribution in [3.63, 3.8) is 0 Å². The molecule has 0 saturated heterocycles. The Morgan fingerprint density at radius 2 is 0.344 bits per heavy atom. The fourth-order valence-electron chi connectivity index (χ4n) is 1.28. The van der Waals surface area contributed by atoms with Gasteiger partial charge in [0.05, 0.1) is 0 Å². The second kappa shape index (κ2) is 69.7. The van der Waals surface area contributed by atoms with Crippen molar-refractivity contribution in [2.24, 2.45) is 0 Å². The number of hydrogen-bond acceptors (Lipinski definition) is 0. The molecule has 0 unspecified atom stereocenters. The fourth-order valence-corrected chi connectivity index (χ4v) is 1.28. The Balaban J connectivity index is -0.0000000148. The zero-order valence-corrected chi connectivity index (χ0v) is 26.0. The van der Waals surface area contributed by atoms with Gasteiger partial charge in [-0.1, -0.05) is 0 Å². The predicted octanol–water partition coefficient (Wildman–Crippen LogP) is -6.85. The van der Waals surface area contributed by atoms with E-state index in [1.54, 1.807) is 0 Å². The van der Waals surface area contributed by atoms with E-state index in [9.17, 15) is 0 Å². The van der Waals surface area contributed by atoms with Gasteiger partial charge in [0.2, 0.25) is 0 Å². The van der Waals surface area contributed by atoms with E-state index in [4.69, 9.17) is 0 Å². The van der Waals surface area contributed by atoms with Crippen molar-refractivity contribution in [2.45, 2.75) is 0 Å². The molecule has 4 aromatic carbocycles.